The summed E-state index contributed by atoms with van der Waals surface area (Å²) in [4.78, 5) is 0. The van der Waals surface area contributed by atoms with Crippen molar-refractivity contribution in [3.05, 3.63) is 0 Å². The van der Waals surface area contributed by atoms with Gasteiger partial charge in [0, 0.05) is 0 Å². The number of ether oxygens (including phenoxy) is 4. The SMILES string of the molecule is O[C@@H]1OC2O[C@@H](O)[C@@H](O)OC2O[C@H]1O. The number of hydrogen-bond donors (Lipinski definition) is 4. The van der Waals surface area contributed by atoms with Crippen LogP contribution in [0.15, 0.2) is 0 Å². The molecule has 2 unspecified atom stereocenters. The molecule has 0 saturated carbocycles. The highest BCUT2D eigenvalue weighted by atomic mass is 16.9. The van der Waals surface area contributed by atoms with Gasteiger partial charge in [-0.2, -0.15) is 0 Å². The van der Waals surface area contributed by atoms with Gasteiger partial charge in [-0.25, -0.2) is 0 Å². The molecule has 4 N–H and O–H groups in total. The zero-order valence-electron chi connectivity index (χ0n) is 6.89. The molecule has 2 saturated heterocycles. The Morgan fingerprint density at radius 3 is 0.929 bits per heavy atom. The minimum atomic E-state index is -1.58. The predicted octanol–water partition coefficient (Wildman–Crippen LogP) is -2.99. The third kappa shape index (κ3) is 1.74. The summed E-state index contributed by atoms with van der Waals surface area (Å²) in [7, 11) is 0. The molecule has 0 spiro atoms. The minimum Gasteiger partial charge on any atom is -0.364 e. The molecule has 2 fully saturated rings. The molecule has 2 heterocycles. The maximum Gasteiger partial charge on any atom is 0.215 e. The van der Waals surface area contributed by atoms with E-state index in [9.17, 15) is 0 Å². The van der Waals surface area contributed by atoms with E-state index >= 15 is 0 Å². The molecule has 0 aromatic heterocycles. The number of fused-ring (bicyclic) bond motifs is 1. The van der Waals surface area contributed by atoms with Crippen LogP contribution in [-0.2, 0) is 18.9 Å². The van der Waals surface area contributed by atoms with Crippen LogP contribution in [0.25, 0.3) is 0 Å². The summed E-state index contributed by atoms with van der Waals surface area (Å²) in [5.41, 5.74) is 0. The van der Waals surface area contributed by atoms with Gasteiger partial charge in [-0.3, -0.25) is 0 Å². The van der Waals surface area contributed by atoms with Crippen LogP contribution in [0.4, 0.5) is 0 Å². The second-order valence-corrected chi connectivity index (χ2v) is 2.84. The highest BCUT2D eigenvalue weighted by molar-refractivity contribution is 4.68. The monoisotopic (exact) mass is 210 g/mol. The van der Waals surface area contributed by atoms with E-state index < -0.39 is 37.7 Å². The first-order valence-electron chi connectivity index (χ1n) is 3.92. The van der Waals surface area contributed by atoms with Crippen LogP contribution in [0.5, 0.6) is 0 Å². The zero-order valence-corrected chi connectivity index (χ0v) is 6.89. The van der Waals surface area contributed by atoms with Gasteiger partial charge in [-0.15, -0.1) is 0 Å². The Hall–Kier alpha value is -0.320. The lowest BCUT2D eigenvalue weighted by atomic mass is 10.4. The molecule has 82 valence electrons. The average molecular weight is 210 g/mol. The molecule has 2 aliphatic heterocycles. The first-order chi connectivity index (χ1) is 6.58. The van der Waals surface area contributed by atoms with Crippen molar-refractivity contribution >= 4 is 0 Å². The minimum absolute atomic E-state index is 1.19. The first kappa shape index (κ1) is 10.2. The van der Waals surface area contributed by atoms with Crippen LogP contribution in [0.1, 0.15) is 0 Å². The van der Waals surface area contributed by atoms with E-state index in [-0.39, 0.29) is 0 Å². The molecule has 0 aromatic rings. The van der Waals surface area contributed by atoms with Crippen LogP contribution >= 0.6 is 0 Å². The fraction of sp³-hybridized carbons (Fsp3) is 1.00. The van der Waals surface area contributed by atoms with Crippen molar-refractivity contribution in [1.82, 2.24) is 0 Å². The Balaban J connectivity index is 2.01. The van der Waals surface area contributed by atoms with E-state index in [1.165, 1.54) is 0 Å². The van der Waals surface area contributed by atoms with Gasteiger partial charge in [0.25, 0.3) is 0 Å². The molecule has 8 heteroatoms. The fourth-order valence-electron chi connectivity index (χ4n) is 1.14. The van der Waals surface area contributed by atoms with Crippen LogP contribution in [0, 0.1) is 0 Å². The molecule has 0 aliphatic carbocycles. The Morgan fingerprint density at radius 2 is 0.714 bits per heavy atom. The molecule has 0 radical (unpaired) electrons. The smallest absolute Gasteiger partial charge is 0.215 e. The fourth-order valence-corrected chi connectivity index (χ4v) is 1.14. The molecule has 2 rings (SSSR count). The lowest BCUT2D eigenvalue weighted by Crippen LogP contribution is -2.58. The van der Waals surface area contributed by atoms with Gasteiger partial charge in [0.15, 0.2) is 0 Å². The van der Waals surface area contributed by atoms with Gasteiger partial charge >= 0.3 is 0 Å². The Morgan fingerprint density at radius 1 is 0.500 bits per heavy atom. The molecular formula is C6H10O8. The van der Waals surface area contributed by atoms with E-state index in [4.69, 9.17) is 20.4 Å². The summed E-state index contributed by atoms with van der Waals surface area (Å²) in [5, 5.41) is 36.0. The standard InChI is InChI=1S/C6H10O8/c7-1-2(8)12-6-5(11-1)13-3(9)4(10)14-6/h1-10H/t1-,2-,3-,4+,5?,6?/m1/s1. The van der Waals surface area contributed by atoms with E-state index in [0.29, 0.717) is 0 Å². The highest BCUT2D eigenvalue weighted by Gasteiger charge is 2.45. The van der Waals surface area contributed by atoms with Gasteiger partial charge in [0.1, 0.15) is 0 Å². The maximum atomic E-state index is 8.99. The molecule has 0 bridgehead atoms. The average Bonchev–Trinajstić information content (AvgIpc) is 2.11. The Labute approximate surface area is 78.2 Å². The zero-order chi connectivity index (χ0) is 10.3. The summed E-state index contributed by atoms with van der Waals surface area (Å²) < 4.78 is 18.7. The van der Waals surface area contributed by atoms with Crippen LogP contribution in [0.3, 0.4) is 0 Å². The first-order valence-corrected chi connectivity index (χ1v) is 3.92. The molecule has 6 atom stereocenters. The van der Waals surface area contributed by atoms with Crippen molar-refractivity contribution in [3.63, 3.8) is 0 Å². The number of rotatable bonds is 0. The van der Waals surface area contributed by atoms with Crippen molar-refractivity contribution in [2.45, 2.75) is 37.7 Å². The van der Waals surface area contributed by atoms with Gasteiger partial charge in [-0.1, -0.05) is 0 Å². The lowest BCUT2D eigenvalue weighted by molar-refractivity contribution is -0.494. The Bertz CT molecular complexity index is 168. The third-order valence-corrected chi connectivity index (χ3v) is 1.80. The topological polar surface area (TPSA) is 118 Å². The van der Waals surface area contributed by atoms with E-state index in [1.807, 2.05) is 0 Å². The van der Waals surface area contributed by atoms with Crippen molar-refractivity contribution in [2.75, 3.05) is 0 Å². The van der Waals surface area contributed by atoms with Crippen LogP contribution < -0.4 is 0 Å². The van der Waals surface area contributed by atoms with Crippen molar-refractivity contribution < 1.29 is 39.4 Å². The second-order valence-electron chi connectivity index (χ2n) is 2.84. The lowest BCUT2D eigenvalue weighted by Gasteiger charge is -2.42. The van der Waals surface area contributed by atoms with E-state index in [2.05, 4.69) is 18.9 Å². The van der Waals surface area contributed by atoms with Gasteiger partial charge in [0.2, 0.25) is 37.7 Å². The van der Waals surface area contributed by atoms with Crippen LogP contribution in [0.2, 0.25) is 0 Å². The van der Waals surface area contributed by atoms with E-state index in [1.54, 1.807) is 0 Å². The van der Waals surface area contributed by atoms with Gasteiger partial charge in [0.05, 0.1) is 0 Å². The van der Waals surface area contributed by atoms with Gasteiger partial charge < -0.3 is 39.4 Å². The van der Waals surface area contributed by atoms with E-state index in [0.717, 1.165) is 0 Å². The summed E-state index contributed by atoms with van der Waals surface area (Å²) in [6.45, 7) is 0. The number of aliphatic hydroxyl groups excluding tert-OH is 4. The van der Waals surface area contributed by atoms with Crippen molar-refractivity contribution in [1.29, 1.82) is 0 Å². The van der Waals surface area contributed by atoms with Crippen molar-refractivity contribution in [2.24, 2.45) is 0 Å². The third-order valence-electron chi connectivity index (χ3n) is 1.80. The summed E-state index contributed by atoms with van der Waals surface area (Å²) in [6.07, 6.45) is -8.70. The predicted molar refractivity (Wildman–Crippen MR) is 35.9 cm³/mol. The van der Waals surface area contributed by atoms with Crippen molar-refractivity contribution in [3.8, 4) is 0 Å². The molecule has 8 nitrogen and oxygen atoms in total. The summed E-state index contributed by atoms with van der Waals surface area (Å²) in [5.74, 6) is 0. The summed E-state index contributed by atoms with van der Waals surface area (Å²) >= 11 is 0. The number of aliphatic hydroxyl groups is 4. The normalized spacial score (nSPS) is 54.0. The second kappa shape index (κ2) is 3.68. The van der Waals surface area contributed by atoms with Gasteiger partial charge in [-0.05, 0) is 0 Å². The molecule has 14 heavy (non-hydrogen) atoms. The quantitative estimate of drug-likeness (QED) is 0.334. The van der Waals surface area contributed by atoms with Crippen LogP contribution in [-0.4, -0.2) is 58.2 Å². The molecule has 2 aliphatic rings. The largest absolute Gasteiger partial charge is 0.364 e. The Kier molecular flexibility index (Phi) is 2.68. The molecule has 0 aromatic carbocycles. The number of hydrogen-bond acceptors (Lipinski definition) is 8. The molecule has 0 amide bonds. The maximum absolute atomic E-state index is 8.99. The summed E-state index contributed by atoms with van der Waals surface area (Å²) in [6, 6.07) is 0. The molecular weight excluding hydrogens is 200 g/mol. The highest BCUT2D eigenvalue weighted by Crippen LogP contribution is 2.26.